The maximum atomic E-state index is 12.9. The summed E-state index contributed by atoms with van der Waals surface area (Å²) in [6, 6.07) is 21.6. The van der Waals surface area contributed by atoms with E-state index in [1.54, 1.807) is 24.3 Å². The molecule has 0 fully saturated rings. The third-order valence-corrected chi connectivity index (χ3v) is 7.55. The van der Waals surface area contributed by atoms with Gasteiger partial charge in [-0.05, 0) is 35.9 Å². The summed E-state index contributed by atoms with van der Waals surface area (Å²) < 4.78 is 63.0. The Labute approximate surface area is 198 Å². The zero-order valence-electron chi connectivity index (χ0n) is 18.1. The topological polar surface area (TPSA) is 119 Å². The van der Waals surface area contributed by atoms with Crippen LogP contribution in [0.2, 0.25) is 0 Å². The molecule has 2 N–H and O–H groups in total. The van der Waals surface area contributed by atoms with Gasteiger partial charge in [0.1, 0.15) is 10.6 Å². The fourth-order valence-electron chi connectivity index (χ4n) is 3.21. The summed E-state index contributed by atoms with van der Waals surface area (Å²) in [6.45, 7) is 0.415. The molecule has 11 heteroatoms. The van der Waals surface area contributed by atoms with E-state index in [1.165, 1.54) is 48.5 Å². The van der Waals surface area contributed by atoms with Crippen LogP contribution in [0.1, 0.15) is 5.56 Å². The predicted molar refractivity (Wildman–Crippen MR) is 129 cm³/mol. The molecule has 0 aliphatic carbocycles. The maximum Gasteiger partial charge on any atom is 0.265 e. The van der Waals surface area contributed by atoms with Crippen LogP contribution in [0.15, 0.2) is 101 Å². The molecule has 0 aliphatic rings. The van der Waals surface area contributed by atoms with Crippen LogP contribution in [-0.4, -0.2) is 33.7 Å². The second kappa shape index (κ2) is 9.57. The van der Waals surface area contributed by atoms with Crippen molar-refractivity contribution in [2.45, 2.75) is 16.3 Å². The summed E-state index contributed by atoms with van der Waals surface area (Å²) >= 11 is 0. The minimum Gasteiger partial charge on any atom is -0.495 e. The molecule has 34 heavy (non-hydrogen) atoms. The second-order valence-electron chi connectivity index (χ2n) is 7.30. The van der Waals surface area contributed by atoms with Crippen molar-refractivity contribution in [1.29, 1.82) is 0 Å². The molecule has 0 spiro atoms. The molecule has 1 heterocycles. The lowest BCUT2D eigenvalue weighted by atomic mass is 10.2. The molecule has 0 radical (unpaired) electrons. The van der Waals surface area contributed by atoms with Crippen LogP contribution in [0.25, 0.3) is 0 Å². The van der Waals surface area contributed by atoms with Gasteiger partial charge < -0.3 is 4.74 Å². The van der Waals surface area contributed by atoms with Gasteiger partial charge in [-0.1, -0.05) is 48.5 Å². The van der Waals surface area contributed by atoms with E-state index in [4.69, 9.17) is 4.74 Å². The lowest BCUT2D eigenvalue weighted by molar-refractivity contribution is 0.417. The minimum atomic E-state index is -4.00. The summed E-state index contributed by atoms with van der Waals surface area (Å²) in [5.41, 5.74) is 1.34. The fraction of sp³-hybridized carbons (Fsp3) is 0.0870. The molecular weight excluding hydrogens is 476 g/mol. The standard InChI is InChI=1S/C23H22N4O5S2/c1-32-23-13-6-5-12-22(23)26-33(28,29)20-11-7-10-19(14-20)25-34(30,31)21-15-24-27(17-21)16-18-8-3-2-4-9-18/h2-15,17,25-26H,16H2,1H3. The number of anilines is 2. The highest BCUT2D eigenvalue weighted by Gasteiger charge is 2.20. The number of methoxy groups -OCH3 is 1. The zero-order chi connectivity index (χ0) is 24.2. The minimum absolute atomic E-state index is 0.0381. The van der Waals surface area contributed by atoms with Crippen molar-refractivity contribution in [2.75, 3.05) is 16.6 Å². The van der Waals surface area contributed by atoms with Gasteiger partial charge >= 0.3 is 0 Å². The molecule has 4 rings (SSSR count). The Hall–Kier alpha value is -3.83. The first-order valence-electron chi connectivity index (χ1n) is 10.1. The number of aromatic nitrogens is 2. The van der Waals surface area contributed by atoms with Gasteiger partial charge in [-0.15, -0.1) is 0 Å². The fourth-order valence-corrected chi connectivity index (χ4v) is 5.33. The van der Waals surface area contributed by atoms with Gasteiger partial charge in [-0.25, -0.2) is 16.8 Å². The first-order chi connectivity index (χ1) is 16.3. The van der Waals surface area contributed by atoms with Gasteiger partial charge in [0.05, 0.1) is 36.1 Å². The summed E-state index contributed by atoms with van der Waals surface area (Å²) in [6.07, 6.45) is 2.66. The molecule has 1 aromatic heterocycles. The molecule has 0 aliphatic heterocycles. The van der Waals surface area contributed by atoms with E-state index < -0.39 is 20.0 Å². The van der Waals surface area contributed by atoms with E-state index in [0.717, 1.165) is 5.56 Å². The average Bonchev–Trinajstić information content (AvgIpc) is 3.29. The summed E-state index contributed by atoms with van der Waals surface area (Å²) in [7, 11) is -6.55. The van der Waals surface area contributed by atoms with Crippen molar-refractivity contribution in [2.24, 2.45) is 0 Å². The van der Waals surface area contributed by atoms with E-state index in [0.29, 0.717) is 12.3 Å². The second-order valence-corrected chi connectivity index (χ2v) is 10.7. The monoisotopic (exact) mass is 498 g/mol. The Bertz CT molecular complexity index is 1500. The first-order valence-corrected chi connectivity index (χ1v) is 13.1. The van der Waals surface area contributed by atoms with Crippen LogP contribution in [-0.2, 0) is 26.6 Å². The Morgan fingerprint density at radius 3 is 2.29 bits per heavy atom. The van der Waals surface area contributed by atoms with E-state index in [2.05, 4.69) is 14.5 Å². The van der Waals surface area contributed by atoms with Crippen LogP contribution in [0, 0.1) is 0 Å². The quantitative estimate of drug-likeness (QED) is 0.364. The number of nitrogens with zero attached hydrogens (tertiary/aromatic N) is 2. The van der Waals surface area contributed by atoms with Crippen LogP contribution >= 0.6 is 0 Å². The Morgan fingerprint density at radius 2 is 1.53 bits per heavy atom. The smallest absolute Gasteiger partial charge is 0.265 e. The van der Waals surface area contributed by atoms with Crippen molar-refractivity contribution in [3.05, 3.63) is 96.8 Å². The number of ether oxygens (including phenoxy) is 1. The van der Waals surface area contributed by atoms with Crippen molar-refractivity contribution >= 4 is 31.4 Å². The number of rotatable bonds is 9. The molecule has 0 saturated heterocycles. The molecule has 3 aromatic carbocycles. The van der Waals surface area contributed by atoms with Crippen LogP contribution in [0.3, 0.4) is 0 Å². The normalized spacial score (nSPS) is 11.7. The average molecular weight is 499 g/mol. The maximum absolute atomic E-state index is 12.9. The van der Waals surface area contributed by atoms with Crippen molar-refractivity contribution in [3.8, 4) is 5.75 Å². The molecule has 9 nitrogen and oxygen atoms in total. The Morgan fingerprint density at radius 1 is 0.824 bits per heavy atom. The summed E-state index contributed by atoms with van der Waals surface area (Å²) in [5.74, 6) is 0.357. The molecule has 176 valence electrons. The Balaban J connectivity index is 1.53. The lowest BCUT2D eigenvalue weighted by Crippen LogP contribution is -2.15. The number of hydrogen-bond donors (Lipinski definition) is 2. The number of para-hydroxylation sites is 2. The highest BCUT2D eigenvalue weighted by Crippen LogP contribution is 2.27. The van der Waals surface area contributed by atoms with E-state index in [1.807, 2.05) is 30.3 Å². The largest absolute Gasteiger partial charge is 0.495 e. The highest BCUT2D eigenvalue weighted by atomic mass is 32.2. The molecule has 0 atom stereocenters. The van der Waals surface area contributed by atoms with Crippen molar-refractivity contribution in [1.82, 2.24) is 9.78 Å². The molecule has 0 amide bonds. The number of benzene rings is 3. The summed E-state index contributed by atoms with van der Waals surface area (Å²) in [5, 5.41) is 4.12. The first kappa shape index (κ1) is 23.3. The van der Waals surface area contributed by atoms with E-state index in [-0.39, 0.29) is 21.2 Å². The number of sulfonamides is 2. The van der Waals surface area contributed by atoms with Gasteiger partial charge in [0, 0.05) is 6.20 Å². The van der Waals surface area contributed by atoms with Gasteiger partial charge in [0.15, 0.2) is 0 Å². The van der Waals surface area contributed by atoms with Crippen LogP contribution in [0.5, 0.6) is 5.75 Å². The van der Waals surface area contributed by atoms with Crippen LogP contribution < -0.4 is 14.2 Å². The van der Waals surface area contributed by atoms with Crippen LogP contribution in [0.4, 0.5) is 11.4 Å². The number of hydrogen-bond acceptors (Lipinski definition) is 6. The van der Waals surface area contributed by atoms with Crippen molar-refractivity contribution in [3.63, 3.8) is 0 Å². The molecule has 0 saturated carbocycles. The zero-order valence-corrected chi connectivity index (χ0v) is 19.8. The lowest BCUT2D eigenvalue weighted by Gasteiger charge is -2.13. The summed E-state index contributed by atoms with van der Waals surface area (Å²) in [4.78, 5) is -0.151. The Kier molecular flexibility index (Phi) is 6.57. The SMILES string of the molecule is COc1ccccc1NS(=O)(=O)c1cccc(NS(=O)(=O)c2cnn(Cc3ccccc3)c2)c1. The van der Waals surface area contributed by atoms with Gasteiger partial charge in [-0.3, -0.25) is 14.1 Å². The molecular formula is C23H22N4O5S2. The van der Waals surface area contributed by atoms with Crippen molar-refractivity contribution < 1.29 is 21.6 Å². The molecule has 4 aromatic rings. The van der Waals surface area contributed by atoms with E-state index >= 15 is 0 Å². The third kappa shape index (κ3) is 5.38. The molecule has 0 unspecified atom stereocenters. The van der Waals surface area contributed by atoms with Gasteiger partial charge in [0.25, 0.3) is 20.0 Å². The van der Waals surface area contributed by atoms with Gasteiger partial charge in [0.2, 0.25) is 0 Å². The third-order valence-electron chi connectivity index (χ3n) is 4.86. The number of nitrogens with one attached hydrogen (secondary N) is 2. The van der Waals surface area contributed by atoms with Gasteiger partial charge in [-0.2, -0.15) is 5.10 Å². The molecule has 0 bridgehead atoms. The van der Waals surface area contributed by atoms with E-state index in [9.17, 15) is 16.8 Å². The highest BCUT2D eigenvalue weighted by molar-refractivity contribution is 7.93. The predicted octanol–water partition coefficient (Wildman–Crippen LogP) is 3.54.